The van der Waals surface area contributed by atoms with Gasteiger partial charge in [-0.15, -0.1) is 0 Å². The Kier molecular flexibility index (Phi) is 3.69. The summed E-state index contributed by atoms with van der Waals surface area (Å²) in [5.74, 6) is -1.23. The van der Waals surface area contributed by atoms with E-state index in [9.17, 15) is 9.90 Å². The average molecular weight is 160 g/mol. The van der Waals surface area contributed by atoms with Crippen molar-refractivity contribution in [1.82, 2.24) is 0 Å². The van der Waals surface area contributed by atoms with Crippen molar-refractivity contribution >= 4 is 17.9 Å². The summed E-state index contributed by atoms with van der Waals surface area (Å²) in [5.41, 5.74) is -0.694. The second-order valence-corrected chi connectivity index (χ2v) is 2.47. The third kappa shape index (κ3) is 1.77. The maximum atomic E-state index is 10.6. The summed E-state index contributed by atoms with van der Waals surface area (Å²) in [5, 5.41) is 10.6. The van der Waals surface area contributed by atoms with Crippen LogP contribution in [-0.4, -0.2) is 23.6 Å². The van der Waals surface area contributed by atoms with Crippen LogP contribution in [0.4, 0.5) is 0 Å². The van der Waals surface area contributed by atoms with Crippen LogP contribution < -0.4 is 24.0 Å². The smallest absolute Gasteiger partial charge is 0.545 e. The molecule has 0 aliphatic carbocycles. The van der Waals surface area contributed by atoms with E-state index < -0.39 is 11.6 Å². The zero-order valence-corrected chi connectivity index (χ0v) is 7.50. The second kappa shape index (κ2) is 3.88. The predicted molar refractivity (Wildman–Crippen MR) is 39.6 cm³/mol. The molecule has 0 bridgehead atoms. The Morgan fingerprint density at radius 3 is 2.50 bits per heavy atom. The molecule has 0 saturated heterocycles. The predicted octanol–water partition coefficient (Wildman–Crippen LogP) is -3.61. The van der Waals surface area contributed by atoms with Crippen molar-refractivity contribution in [3.05, 3.63) is 0 Å². The minimum Gasteiger partial charge on any atom is -0.545 e. The molecule has 5 heteroatoms. The van der Waals surface area contributed by atoms with E-state index >= 15 is 0 Å². The number of carboxylic acid groups (broad SMARTS) is 1. The van der Waals surface area contributed by atoms with E-state index in [4.69, 9.17) is 0 Å². The second-order valence-electron chi connectivity index (χ2n) is 2.47. The maximum Gasteiger partial charge on any atom is 1.00 e. The van der Waals surface area contributed by atoms with Gasteiger partial charge in [-0.2, -0.15) is 0 Å². The monoisotopic (exact) mass is 160 g/mol. The first-order valence-electron chi connectivity index (χ1n) is 3.44. The minimum atomic E-state index is -1.33. The molecule has 0 amide bonds. The number of aliphatic carboxylic acids is 1. The van der Waals surface area contributed by atoms with Crippen LogP contribution in [0.15, 0.2) is 9.98 Å². The van der Waals surface area contributed by atoms with Gasteiger partial charge in [0.15, 0.2) is 5.66 Å². The Morgan fingerprint density at radius 2 is 2.33 bits per heavy atom. The molecule has 4 nitrogen and oxygen atoms in total. The zero-order valence-electron chi connectivity index (χ0n) is 7.50. The van der Waals surface area contributed by atoms with E-state index in [1.165, 1.54) is 6.21 Å². The molecule has 0 aromatic carbocycles. The molecule has 1 heterocycles. The number of carbonyl (C=O) groups excluding carboxylic acids is 1. The standard InChI is InChI=1S/C7H10N2O2.Li/c1-3-7(6(10)11)8-4-5(2)9-7;/h4H,3H2,1-2H3,(H,10,11);/q;+1/p-1. The van der Waals surface area contributed by atoms with Crippen molar-refractivity contribution in [1.29, 1.82) is 0 Å². The molecule has 0 spiro atoms. The molecular formula is C7H9LiN2O2. The molecule has 1 unspecified atom stereocenters. The van der Waals surface area contributed by atoms with Crippen LogP contribution in [0.5, 0.6) is 0 Å². The average Bonchev–Trinajstić information content (AvgIpc) is 2.33. The molecule has 1 aliphatic rings. The number of aliphatic imine (C=N–C) groups is 2. The van der Waals surface area contributed by atoms with Crippen molar-refractivity contribution in [2.45, 2.75) is 25.9 Å². The van der Waals surface area contributed by atoms with Gasteiger partial charge in [0.05, 0.1) is 11.7 Å². The van der Waals surface area contributed by atoms with Gasteiger partial charge >= 0.3 is 18.9 Å². The van der Waals surface area contributed by atoms with Crippen molar-refractivity contribution in [2.75, 3.05) is 0 Å². The fraction of sp³-hybridized carbons (Fsp3) is 0.571. The molecule has 0 aromatic rings. The summed E-state index contributed by atoms with van der Waals surface area (Å²) in [6.45, 7) is 3.43. The number of carbonyl (C=O) groups is 1. The first kappa shape index (κ1) is 11.4. The Labute approximate surface area is 83.0 Å². The van der Waals surface area contributed by atoms with Crippen LogP contribution >= 0.6 is 0 Å². The van der Waals surface area contributed by atoms with Gasteiger partial charge in [0.25, 0.3) is 0 Å². The Bertz CT molecular complexity index is 250. The zero-order chi connectivity index (χ0) is 8.48. The molecule has 0 radical (unpaired) electrons. The Morgan fingerprint density at radius 1 is 1.75 bits per heavy atom. The van der Waals surface area contributed by atoms with Gasteiger partial charge in [-0.05, 0) is 13.3 Å². The van der Waals surface area contributed by atoms with Crippen LogP contribution in [0.25, 0.3) is 0 Å². The molecule has 0 N–H and O–H groups in total. The molecule has 1 rings (SSSR count). The van der Waals surface area contributed by atoms with Gasteiger partial charge in [-0.1, -0.05) is 6.92 Å². The molecule has 0 saturated carbocycles. The molecule has 0 fully saturated rings. The molecule has 1 aliphatic heterocycles. The summed E-state index contributed by atoms with van der Waals surface area (Å²) in [7, 11) is 0. The van der Waals surface area contributed by atoms with Crippen molar-refractivity contribution in [3.63, 3.8) is 0 Å². The van der Waals surface area contributed by atoms with E-state index in [2.05, 4.69) is 9.98 Å². The minimum absolute atomic E-state index is 0. The summed E-state index contributed by atoms with van der Waals surface area (Å²) >= 11 is 0. The number of carboxylic acids is 1. The van der Waals surface area contributed by atoms with Crippen LogP contribution in [0.1, 0.15) is 20.3 Å². The number of rotatable bonds is 2. The Hall–Kier alpha value is -0.593. The van der Waals surface area contributed by atoms with Crippen LogP contribution in [0.2, 0.25) is 0 Å². The Balaban J connectivity index is 0.00000121. The molecule has 60 valence electrons. The normalized spacial score (nSPS) is 26.3. The first-order valence-corrected chi connectivity index (χ1v) is 3.44. The fourth-order valence-corrected chi connectivity index (χ4v) is 0.963. The van der Waals surface area contributed by atoms with Crippen LogP contribution in [0, 0.1) is 0 Å². The summed E-state index contributed by atoms with van der Waals surface area (Å²) < 4.78 is 0. The topological polar surface area (TPSA) is 64.8 Å². The summed E-state index contributed by atoms with van der Waals surface area (Å²) in [4.78, 5) is 18.2. The summed E-state index contributed by atoms with van der Waals surface area (Å²) in [6.07, 6.45) is 1.79. The number of hydrogen-bond donors (Lipinski definition) is 0. The maximum absolute atomic E-state index is 10.6. The van der Waals surface area contributed by atoms with Gasteiger partial charge in [-0.25, -0.2) is 0 Å². The summed E-state index contributed by atoms with van der Waals surface area (Å²) in [6, 6.07) is 0. The van der Waals surface area contributed by atoms with E-state index in [1.807, 2.05) is 0 Å². The van der Waals surface area contributed by atoms with Crippen LogP contribution in [0.3, 0.4) is 0 Å². The third-order valence-corrected chi connectivity index (χ3v) is 1.65. The van der Waals surface area contributed by atoms with Crippen molar-refractivity contribution in [2.24, 2.45) is 9.98 Å². The SMILES string of the molecule is CCC1(C(=O)[O-])N=CC(C)=N1.[Li+]. The van der Waals surface area contributed by atoms with E-state index in [0.29, 0.717) is 12.1 Å². The first-order chi connectivity index (χ1) is 5.10. The van der Waals surface area contributed by atoms with Crippen LogP contribution in [-0.2, 0) is 4.79 Å². The number of nitrogens with zero attached hydrogens (tertiary/aromatic N) is 2. The number of hydrogen-bond acceptors (Lipinski definition) is 4. The third-order valence-electron chi connectivity index (χ3n) is 1.65. The van der Waals surface area contributed by atoms with Gasteiger partial charge in [0, 0.05) is 6.21 Å². The van der Waals surface area contributed by atoms with Gasteiger partial charge in [-0.3, -0.25) is 9.98 Å². The van der Waals surface area contributed by atoms with Crippen molar-refractivity contribution in [3.8, 4) is 0 Å². The molecule has 1 atom stereocenters. The van der Waals surface area contributed by atoms with E-state index in [1.54, 1.807) is 13.8 Å². The van der Waals surface area contributed by atoms with E-state index in [-0.39, 0.29) is 18.9 Å². The quantitative estimate of drug-likeness (QED) is 0.391. The van der Waals surface area contributed by atoms with Gasteiger partial charge in [0.1, 0.15) is 0 Å². The fourth-order valence-electron chi connectivity index (χ4n) is 0.963. The van der Waals surface area contributed by atoms with Crippen molar-refractivity contribution < 1.29 is 28.8 Å². The van der Waals surface area contributed by atoms with E-state index in [0.717, 1.165) is 0 Å². The molecular weight excluding hydrogens is 151 g/mol. The molecule has 0 aromatic heterocycles. The molecule has 12 heavy (non-hydrogen) atoms. The van der Waals surface area contributed by atoms with Gasteiger partial charge in [0.2, 0.25) is 0 Å². The largest absolute Gasteiger partial charge is 1.00 e. The van der Waals surface area contributed by atoms with Gasteiger partial charge < -0.3 is 9.90 Å².